The van der Waals surface area contributed by atoms with E-state index >= 15 is 0 Å². The van der Waals surface area contributed by atoms with Crippen LogP contribution in [0.3, 0.4) is 0 Å². The number of hydrogen-bond acceptors (Lipinski definition) is 6. The van der Waals surface area contributed by atoms with Crippen LogP contribution < -0.4 is 86.2 Å². The Labute approximate surface area is 505 Å². The number of carboxylic acid groups (broad SMARTS) is 4. The second-order valence-corrected chi connectivity index (χ2v) is 19.2. The van der Waals surface area contributed by atoms with Crippen LogP contribution in [0.25, 0.3) is 90.9 Å². The summed E-state index contributed by atoms with van der Waals surface area (Å²) in [5, 5.41) is 36.8. The normalized spacial score (nSPS) is 11.2. The van der Waals surface area contributed by atoms with Gasteiger partial charge < -0.3 is 98.3 Å². The monoisotopic (exact) mass is 1340 g/mol. The van der Waals surface area contributed by atoms with Crippen LogP contribution >= 0.6 is 0 Å². The van der Waals surface area contributed by atoms with E-state index in [4.69, 9.17) is 9.97 Å². The summed E-state index contributed by atoms with van der Waals surface area (Å²) in [5.41, 5.74) is 13.5. The first kappa shape index (κ1) is 63.8. The van der Waals surface area contributed by atoms with E-state index in [2.05, 4.69) is 101 Å². The molecule has 7 aromatic heterocycles. The summed E-state index contributed by atoms with van der Waals surface area (Å²) >= 11 is 0. The molecule has 0 radical (unpaired) electrons. The molecule has 0 aromatic carbocycles. The maximum atomic E-state index is 11.2. The third-order valence-electron chi connectivity index (χ3n) is 13.7. The third kappa shape index (κ3) is 16.5. The van der Waals surface area contributed by atoms with E-state index < -0.39 is 23.9 Å². The lowest BCUT2D eigenvalue weighted by Gasteiger charge is -2.07. The predicted molar refractivity (Wildman–Crippen MR) is 287 cm³/mol. The number of rotatable bonds is 24. The summed E-state index contributed by atoms with van der Waals surface area (Å²) in [7, 11) is 0. The SMILES string of the molecule is O=C(O)CCCC[n+]1ccc(-c2c3nc(c(-c4cc[n+](CCCCC(=O)O)cc4)c4ccc([nH]4)c(-c4cc[n+](CCCCC(=O)O)cc4)c4nc(c(-c5cc[n+](CCCCC(=O)O)cc5)c5ccc2[nH]5)C=C4)C=C3)cc1.[Br-].[Br-].[Br-].[Br-]. The quantitative estimate of drug-likeness (QED) is 0.0276. The zero-order chi connectivity index (χ0) is 53.0. The van der Waals surface area contributed by atoms with Crippen molar-refractivity contribution in [2.75, 3.05) is 0 Å². The molecule has 0 atom stereocenters. The smallest absolute Gasteiger partial charge is 0.303 e. The molecule has 2 aliphatic rings. The molecule has 16 nitrogen and oxygen atoms in total. The fourth-order valence-electron chi connectivity index (χ4n) is 9.79. The fraction of sp³-hybridized carbons (Fsp3) is 0.267. The maximum Gasteiger partial charge on any atom is 0.303 e. The average Bonchev–Trinajstić information content (AvgIpc) is 4.28. The largest absolute Gasteiger partial charge is 1.00 e. The van der Waals surface area contributed by atoms with Crippen molar-refractivity contribution in [3.63, 3.8) is 0 Å². The van der Waals surface area contributed by atoms with Crippen LogP contribution in [0.1, 0.15) is 99.8 Å². The zero-order valence-electron chi connectivity index (χ0n) is 43.8. The van der Waals surface area contributed by atoms with Crippen molar-refractivity contribution in [1.29, 1.82) is 0 Å². The number of hydrogen-bond donors (Lipinski definition) is 6. The van der Waals surface area contributed by atoms with Crippen LogP contribution in [0.4, 0.5) is 0 Å². The molecule has 0 unspecified atom stereocenters. The van der Waals surface area contributed by atoms with Crippen LogP contribution in [-0.4, -0.2) is 64.2 Å². The Morgan fingerprint density at radius 1 is 0.325 bits per heavy atom. The minimum Gasteiger partial charge on any atom is -1.00 e. The van der Waals surface area contributed by atoms with Crippen molar-refractivity contribution < 1.29 is 126 Å². The number of pyridine rings is 4. The molecule has 0 saturated carbocycles. The van der Waals surface area contributed by atoms with Gasteiger partial charge in [0.05, 0.1) is 22.8 Å². The van der Waals surface area contributed by atoms with Gasteiger partial charge in [0, 0.05) is 144 Å². The molecule has 9 rings (SSSR count). The third-order valence-corrected chi connectivity index (χ3v) is 13.7. The number of carboxylic acids is 4. The van der Waals surface area contributed by atoms with Gasteiger partial charge in [0.2, 0.25) is 0 Å². The lowest BCUT2D eigenvalue weighted by Crippen LogP contribution is -3.00. The Balaban J connectivity index is 0.00000294. The highest BCUT2D eigenvalue weighted by atomic mass is 79.9. The van der Waals surface area contributed by atoms with Crippen molar-refractivity contribution in [1.82, 2.24) is 19.9 Å². The number of carbonyl (C=O) groups is 4. The molecule has 9 heterocycles. The molecular formula is C60H62Br4N8O8. The summed E-state index contributed by atoms with van der Waals surface area (Å²) in [6, 6.07) is 24.8. The van der Waals surface area contributed by atoms with Gasteiger partial charge in [-0.2, -0.15) is 0 Å². The minimum atomic E-state index is -0.800. The zero-order valence-corrected chi connectivity index (χ0v) is 50.1. The molecule has 2 aliphatic heterocycles. The van der Waals surface area contributed by atoms with Crippen molar-refractivity contribution >= 4 is 70.2 Å². The van der Waals surface area contributed by atoms with Gasteiger partial charge in [-0.3, -0.25) is 19.2 Å². The topological polar surface area (TPSA) is 222 Å². The Morgan fingerprint density at radius 2 is 0.525 bits per heavy atom. The molecule has 8 bridgehead atoms. The van der Waals surface area contributed by atoms with Crippen molar-refractivity contribution in [3.05, 3.63) is 145 Å². The number of nitrogens with zero attached hydrogens (tertiary/aromatic N) is 6. The Kier molecular flexibility index (Phi) is 24.4. The minimum absolute atomic E-state index is 0. The first-order valence-corrected chi connectivity index (χ1v) is 26.0. The van der Waals surface area contributed by atoms with Crippen LogP contribution in [0.5, 0.6) is 0 Å². The van der Waals surface area contributed by atoms with Gasteiger partial charge >= 0.3 is 23.9 Å². The summed E-state index contributed by atoms with van der Waals surface area (Å²) in [6.07, 6.45) is 30.1. The molecule has 418 valence electrons. The first-order valence-electron chi connectivity index (χ1n) is 26.0. The number of nitrogens with one attached hydrogen (secondary N) is 2. The van der Waals surface area contributed by atoms with Gasteiger partial charge in [0.25, 0.3) is 0 Å². The number of aromatic nitrogens is 8. The standard InChI is InChI=1S/C60H58N8O8.4BrH/c69-53(70)9-1-5-29-65-33-21-41(22-34-65)57-45-13-15-47(61-45)58(42-23-35-66(36-24-42)30-6-2-10-54(71)72)49-17-19-51(63-49)60(44-27-39-68(40-28-44)32-8-4-12-56(75)76)52-20-18-50(64-52)59(48-16-14-46(57)62-48)43-25-37-67(38-26-43)31-7-3-11-55(73)74;;;;/h13-28,33-40H,1-12,29-32H2,(H2-3,61,62,63,64,69,70,71,72,73,74,75,76);4*1H. The molecule has 0 saturated heterocycles. The van der Waals surface area contributed by atoms with Gasteiger partial charge in [-0.25, -0.2) is 28.2 Å². The van der Waals surface area contributed by atoms with Gasteiger partial charge in [0.15, 0.2) is 49.6 Å². The Bertz CT molecular complexity index is 3060. The highest BCUT2D eigenvalue weighted by molar-refractivity contribution is 5.99. The molecule has 0 amide bonds. The number of aliphatic carboxylic acids is 4. The maximum absolute atomic E-state index is 11.2. The van der Waals surface area contributed by atoms with Crippen LogP contribution in [0.2, 0.25) is 0 Å². The summed E-state index contributed by atoms with van der Waals surface area (Å²) < 4.78 is 8.26. The summed E-state index contributed by atoms with van der Waals surface area (Å²) in [6.45, 7) is 2.71. The number of unbranched alkanes of at least 4 members (excludes halogenated alkanes) is 4. The van der Waals surface area contributed by atoms with Crippen molar-refractivity contribution in [2.45, 2.75) is 103 Å². The lowest BCUT2D eigenvalue weighted by molar-refractivity contribution is -0.697. The highest BCUT2D eigenvalue weighted by Crippen LogP contribution is 2.38. The molecule has 0 spiro atoms. The van der Waals surface area contributed by atoms with E-state index in [9.17, 15) is 39.6 Å². The number of halogens is 4. The Morgan fingerprint density at radius 3 is 0.713 bits per heavy atom. The Hall–Kier alpha value is -7.00. The van der Waals surface area contributed by atoms with Gasteiger partial charge in [-0.1, -0.05) is 0 Å². The van der Waals surface area contributed by atoms with Gasteiger partial charge in [-0.05, 0) is 96.5 Å². The summed E-state index contributed by atoms with van der Waals surface area (Å²) in [4.78, 5) is 63.3. The summed E-state index contributed by atoms with van der Waals surface area (Å²) in [5.74, 6) is -3.20. The molecule has 0 fully saturated rings. The van der Waals surface area contributed by atoms with Gasteiger partial charge in [0.1, 0.15) is 26.2 Å². The van der Waals surface area contributed by atoms with Crippen molar-refractivity contribution in [3.8, 4) is 44.5 Å². The highest BCUT2D eigenvalue weighted by Gasteiger charge is 2.21. The second kappa shape index (κ2) is 30.5. The van der Waals surface area contributed by atoms with E-state index in [0.29, 0.717) is 51.9 Å². The van der Waals surface area contributed by atoms with Gasteiger partial charge in [-0.15, -0.1) is 0 Å². The van der Waals surface area contributed by atoms with E-state index in [1.807, 2.05) is 73.9 Å². The predicted octanol–water partition coefficient (Wildman–Crippen LogP) is -2.49. The molecule has 7 aromatic rings. The van der Waals surface area contributed by atoms with Crippen LogP contribution in [0, 0.1) is 0 Å². The van der Waals surface area contributed by atoms with E-state index in [0.717, 1.165) is 115 Å². The second-order valence-electron chi connectivity index (χ2n) is 19.2. The van der Waals surface area contributed by atoms with Crippen molar-refractivity contribution in [2.24, 2.45) is 0 Å². The first-order chi connectivity index (χ1) is 36.9. The van der Waals surface area contributed by atoms with E-state index in [1.54, 1.807) is 0 Å². The molecule has 0 aliphatic carbocycles. The number of fused-ring (bicyclic) bond motifs is 8. The molecular weight excluding hydrogens is 1280 g/mol. The molecule has 80 heavy (non-hydrogen) atoms. The van der Waals surface area contributed by atoms with E-state index in [1.165, 1.54) is 0 Å². The van der Waals surface area contributed by atoms with Crippen LogP contribution in [0.15, 0.2) is 122 Å². The molecule has 6 N–H and O–H groups in total. The fourth-order valence-corrected chi connectivity index (χ4v) is 9.79. The average molecular weight is 1340 g/mol. The van der Waals surface area contributed by atoms with E-state index in [-0.39, 0.29) is 93.6 Å². The number of aryl methyl sites for hydroxylation is 4. The number of H-pyrrole nitrogens is 2. The molecule has 20 heteroatoms. The van der Waals surface area contributed by atoms with Crippen LogP contribution in [-0.2, 0) is 45.4 Å². The lowest BCUT2D eigenvalue weighted by atomic mass is 10.0. The number of aromatic amines is 2.